The first-order valence-corrected chi connectivity index (χ1v) is 10.3. The van der Waals surface area contributed by atoms with E-state index in [4.69, 9.17) is 0 Å². The van der Waals surface area contributed by atoms with Crippen LogP contribution in [0, 0.1) is 29.6 Å². The van der Waals surface area contributed by atoms with Gasteiger partial charge in [-0.25, -0.2) is 0 Å². The Labute approximate surface area is 191 Å². The molecule has 0 unspecified atom stereocenters. The summed E-state index contributed by atoms with van der Waals surface area (Å²) in [6, 6.07) is 25.5. The van der Waals surface area contributed by atoms with E-state index in [1.165, 1.54) is 12.1 Å². The zero-order valence-electron chi connectivity index (χ0n) is 17.9. The zero-order valence-corrected chi connectivity index (χ0v) is 17.9. The summed E-state index contributed by atoms with van der Waals surface area (Å²) in [5.74, 6) is -0.445. The van der Waals surface area contributed by atoms with Crippen LogP contribution in [0.1, 0.15) is 22.4 Å². The van der Waals surface area contributed by atoms with Crippen molar-refractivity contribution in [2.24, 2.45) is 0 Å². The van der Waals surface area contributed by atoms with Gasteiger partial charge in [-0.1, -0.05) is 36.4 Å². The molecule has 3 aromatic carbocycles. The first kappa shape index (κ1) is 21.4. The van der Waals surface area contributed by atoms with Crippen LogP contribution in [0.4, 0.5) is 5.69 Å². The van der Waals surface area contributed by atoms with Crippen LogP contribution in [0.25, 0.3) is 17.0 Å². The molecule has 0 saturated carbocycles. The fraction of sp³-hybridized carbons (Fsp3) is 0.0741. The molecular weight excluding hydrogens is 412 g/mol. The molecule has 0 radical (unpaired) electrons. The van der Waals surface area contributed by atoms with Gasteiger partial charge in [-0.05, 0) is 55.0 Å². The van der Waals surface area contributed by atoms with Gasteiger partial charge in [-0.3, -0.25) is 4.79 Å². The number of aromatic nitrogens is 1. The topological polar surface area (TPSA) is 102 Å². The van der Waals surface area contributed by atoms with Gasteiger partial charge in [-0.15, -0.1) is 0 Å². The molecule has 0 fully saturated rings. The lowest BCUT2D eigenvalue weighted by atomic mass is 10.1. The van der Waals surface area contributed by atoms with E-state index in [-0.39, 0.29) is 11.3 Å². The Morgan fingerprint density at radius 2 is 1.73 bits per heavy atom. The summed E-state index contributed by atoms with van der Waals surface area (Å²) in [5.41, 5.74) is 4.55. The quantitative estimate of drug-likeness (QED) is 0.260. The minimum Gasteiger partial charge on any atom is -0.508 e. The Morgan fingerprint density at radius 1 is 1.03 bits per heavy atom. The highest BCUT2D eigenvalue weighted by atomic mass is 16.3. The number of aromatic hydroxyl groups is 1. The van der Waals surface area contributed by atoms with E-state index in [1.54, 1.807) is 24.3 Å². The summed E-state index contributed by atoms with van der Waals surface area (Å²) in [6.45, 7) is 2.43. The fourth-order valence-corrected chi connectivity index (χ4v) is 3.82. The van der Waals surface area contributed by atoms with Gasteiger partial charge in [0, 0.05) is 34.4 Å². The van der Waals surface area contributed by atoms with Gasteiger partial charge in [0.1, 0.15) is 17.4 Å². The summed E-state index contributed by atoms with van der Waals surface area (Å²) < 4.78 is 2.09. The number of phenolic OH excluding ortho intramolecular Hbond substituents is 1. The molecule has 6 heteroatoms. The largest absolute Gasteiger partial charge is 0.508 e. The highest BCUT2D eigenvalue weighted by molar-refractivity contribution is 6.11. The van der Waals surface area contributed by atoms with E-state index < -0.39 is 5.91 Å². The van der Waals surface area contributed by atoms with Crippen molar-refractivity contribution < 1.29 is 9.90 Å². The number of carbonyl (C=O) groups is 1. The average molecular weight is 432 g/mol. The number of hydrogen-bond donors (Lipinski definition) is 2. The molecule has 0 aliphatic carbocycles. The predicted molar refractivity (Wildman–Crippen MR) is 127 cm³/mol. The van der Waals surface area contributed by atoms with Crippen LogP contribution >= 0.6 is 0 Å². The molecule has 0 spiro atoms. The third-order valence-electron chi connectivity index (χ3n) is 5.52. The molecule has 0 bridgehead atoms. The van der Waals surface area contributed by atoms with Gasteiger partial charge < -0.3 is 15.0 Å². The lowest BCUT2D eigenvalue weighted by molar-refractivity contribution is -0.112. The number of nitriles is 2. The van der Waals surface area contributed by atoms with Crippen LogP contribution in [-0.2, 0) is 11.3 Å². The number of nitrogens with one attached hydrogen (secondary N) is 1. The molecule has 0 aliphatic heterocycles. The number of nitrogens with zero attached hydrogens (tertiary/aromatic N) is 3. The highest BCUT2D eigenvalue weighted by Gasteiger charge is 2.17. The molecule has 1 heterocycles. The van der Waals surface area contributed by atoms with Crippen LogP contribution in [-0.4, -0.2) is 15.6 Å². The molecule has 0 saturated heterocycles. The van der Waals surface area contributed by atoms with Gasteiger partial charge in [0.2, 0.25) is 0 Å². The molecular formula is C27H20N4O2. The SMILES string of the molecule is Cc1c(C=C(C#N)C(=O)Nc2ccc(O)cc2)c2ccccc2n1Cc1ccccc1C#N. The van der Waals surface area contributed by atoms with Crippen molar-refractivity contribution in [3.05, 3.63) is 101 Å². The third-order valence-corrected chi connectivity index (χ3v) is 5.52. The van der Waals surface area contributed by atoms with Crippen LogP contribution in [0.5, 0.6) is 5.75 Å². The molecule has 6 nitrogen and oxygen atoms in total. The second-order valence-corrected chi connectivity index (χ2v) is 7.54. The van der Waals surface area contributed by atoms with Crippen molar-refractivity contribution in [2.75, 3.05) is 5.32 Å². The van der Waals surface area contributed by atoms with Crippen molar-refractivity contribution >= 4 is 28.6 Å². The maximum absolute atomic E-state index is 12.8. The van der Waals surface area contributed by atoms with E-state index in [1.807, 2.05) is 55.5 Å². The first-order chi connectivity index (χ1) is 16.0. The second-order valence-electron chi connectivity index (χ2n) is 7.54. The van der Waals surface area contributed by atoms with Gasteiger partial charge >= 0.3 is 0 Å². The van der Waals surface area contributed by atoms with Crippen molar-refractivity contribution in [1.82, 2.24) is 4.57 Å². The lowest BCUT2D eigenvalue weighted by Crippen LogP contribution is -2.13. The monoisotopic (exact) mass is 432 g/mol. The summed E-state index contributed by atoms with van der Waals surface area (Å²) >= 11 is 0. The number of phenols is 1. The number of amides is 1. The van der Waals surface area contributed by atoms with Crippen LogP contribution < -0.4 is 5.32 Å². The van der Waals surface area contributed by atoms with E-state index in [2.05, 4.69) is 16.0 Å². The first-order valence-electron chi connectivity index (χ1n) is 10.3. The molecule has 33 heavy (non-hydrogen) atoms. The molecule has 0 aliphatic rings. The average Bonchev–Trinajstić information content (AvgIpc) is 3.10. The Bertz CT molecular complexity index is 1470. The molecule has 0 atom stereocenters. The number of anilines is 1. The Balaban J connectivity index is 1.76. The number of rotatable bonds is 5. The van der Waals surface area contributed by atoms with Crippen LogP contribution in [0.2, 0.25) is 0 Å². The zero-order chi connectivity index (χ0) is 23.4. The van der Waals surface area contributed by atoms with Gasteiger partial charge in [0.15, 0.2) is 0 Å². The molecule has 160 valence electrons. The van der Waals surface area contributed by atoms with Gasteiger partial charge in [-0.2, -0.15) is 10.5 Å². The maximum atomic E-state index is 12.8. The number of para-hydroxylation sites is 1. The number of carbonyl (C=O) groups excluding carboxylic acids is 1. The van der Waals surface area contributed by atoms with Crippen LogP contribution in [0.3, 0.4) is 0 Å². The van der Waals surface area contributed by atoms with Crippen LogP contribution in [0.15, 0.2) is 78.4 Å². The van der Waals surface area contributed by atoms with Crippen molar-refractivity contribution in [1.29, 1.82) is 10.5 Å². The summed E-state index contributed by atoms with van der Waals surface area (Å²) in [6.07, 6.45) is 1.60. The van der Waals surface area contributed by atoms with E-state index in [9.17, 15) is 20.4 Å². The van der Waals surface area contributed by atoms with E-state index >= 15 is 0 Å². The maximum Gasteiger partial charge on any atom is 0.266 e. The summed E-state index contributed by atoms with van der Waals surface area (Å²) in [5, 5.41) is 32.2. The molecule has 1 amide bonds. The highest BCUT2D eigenvalue weighted by Crippen LogP contribution is 2.29. The Kier molecular flexibility index (Phi) is 5.93. The molecule has 4 rings (SSSR count). The van der Waals surface area contributed by atoms with Crippen molar-refractivity contribution in [3.63, 3.8) is 0 Å². The van der Waals surface area contributed by atoms with Gasteiger partial charge in [0.05, 0.1) is 11.6 Å². The summed E-state index contributed by atoms with van der Waals surface area (Å²) in [4.78, 5) is 12.8. The standard InChI is InChI=1S/C27H20N4O2/c1-18-25(14-21(16-29)27(33)30-22-10-12-23(32)13-11-22)24-8-4-5-9-26(24)31(18)17-20-7-3-2-6-19(20)15-28/h2-14,32H,17H2,1H3,(H,30,33). The molecule has 1 aromatic heterocycles. The second kappa shape index (κ2) is 9.13. The fourth-order valence-electron chi connectivity index (χ4n) is 3.82. The van der Waals surface area contributed by atoms with E-state index in [0.29, 0.717) is 17.8 Å². The number of hydrogen-bond acceptors (Lipinski definition) is 4. The van der Waals surface area contributed by atoms with E-state index in [0.717, 1.165) is 27.7 Å². The van der Waals surface area contributed by atoms with Gasteiger partial charge in [0.25, 0.3) is 5.91 Å². The third kappa shape index (κ3) is 4.32. The number of fused-ring (bicyclic) bond motifs is 1. The normalized spacial score (nSPS) is 11.1. The Morgan fingerprint density at radius 3 is 2.45 bits per heavy atom. The smallest absolute Gasteiger partial charge is 0.266 e. The lowest BCUT2D eigenvalue weighted by Gasteiger charge is -2.10. The number of benzene rings is 3. The Hall–Kier alpha value is -4.81. The minimum absolute atomic E-state index is 0.0356. The minimum atomic E-state index is -0.533. The van der Waals surface area contributed by atoms with Crippen molar-refractivity contribution in [3.8, 4) is 17.9 Å². The summed E-state index contributed by atoms with van der Waals surface area (Å²) in [7, 11) is 0. The van der Waals surface area contributed by atoms with Crippen molar-refractivity contribution in [2.45, 2.75) is 13.5 Å². The molecule has 2 N–H and O–H groups in total. The molecule has 4 aromatic rings. The predicted octanol–water partition coefficient (Wildman–Crippen LogP) is 5.12.